The maximum atomic E-state index is 12.9. The van der Waals surface area contributed by atoms with E-state index in [-0.39, 0.29) is 39.2 Å². The van der Waals surface area contributed by atoms with Crippen molar-refractivity contribution in [2.24, 2.45) is 5.92 Å². The number of aromatic nitrogens is 1. The van der Waals surface area contributed by atoms with E-state index in [1.807, 2.05) is 72.8 Å². The summed E-state index contributed by atoms with van der Waals surface area (Å²) < 4.78 is 0. The molecule has 0 radical (unpaired) electrons. The van der Waals surface area contributed by atoms with Crippen molar-refractivity contribution in [1.82, 2.24) is 15.2 Å². The summed E-state index contributed by atoms with van der Waals surface area (Å²) >= 11 is 0. The number of phenols is 1. The number of halogens is 2. The number of rotatable bonds is 13. The highest BCUT2D eigenvalue weighted by atomic mass is 19.0. The Morgan fingerprint density at radius 3 is 2.33 bits per heavy atom. The Kier molecular flexibility index (Phi) is 13.4. The fourth-order valence-electron chi connectivity index (χ4n) is 7.84. The number of hydrogen-bond acceptors (Lipinski definition) is 7. The molecule has 4 aromatic carbocycles. The van der Waals surface area contributed by atoms with E-state index in [4.69, 9.17) is 0 Å². The standard InChI is InChI=1S/C42H45N5O6.2FH/c48-37-17-15-33(34-16-18-40(51)45-41(34)37)38(49)25-43-24-28-9-12-31(13-10-28)44-39(50)8-4-5-27-11-14-32(29-6-2-1-3-7-29)35(23-27)47(42(52)53)36-26-46-21-19-30(36)20-22-46;;/h1-3,6-7,9-18,23,30,36,38,43,48-49H,4-5,8,19-22,24-26H2,(H,44,50)(H,45,51)(H,52,53);2*1H/t36-,38-;;/m0../s1. The summed E-state index contributed by atoms with van der Waals surface area (Å²) in [5.74, 6) is 0.195. The van der Waals surface area contributed by atoms with E-state index in [9.17, 15) is 29.7 Å². The monoisotopic (exact) mass is 755 g/mol. The first-order chi connectivity index (χ1) is 25.7. The average Bonchev–Trinajstić information content (AvgIpc) is 3.17. The average molecular weight is 756 g/mol. The molecule has 290 valence electrons. The number of aromatic hydroxyl groups is 1. The zero-order valence-electron chi connectivity index (χ0n) is 30.3. The van der Waals surface area contributed by atoms with Crippen LogP contribution in [0.15, 0.2) is 102 Å². The number of hydrogen-bond donors (Lipinski definition) is 6. The van der Waals surface area contributed by atoms with Gasteiger partial charge < -0.3 is 35.8 Å². The molecule has 3 aliphatic rings. The lowest BCUT2D eigenvalue weighted by Crippen LogP contribution is -2.59. The first-order valence-corrected chi connectivity index (χ1v) is 18.3. The molecule has 2 bridgehead atoms. The number of fused-ring (bicyclic) bond motifs is 4. The van der Waals surface area contributed by atoms with Gasteiger partial charge in [-0.3, -0.25) is 23.9 Å². The Labute approximate surface area is 317 Å². The number of carbonyl (C=O) groups excluding carboxylic acids is 1. The van der Waals surface area contributed by atoms with Crippen LogP contribution in [0.3, 0.4) is 0 Å². The van der Waals surface area contributed by atoms with Crippen LogP contribution < -0.4 is 21.1 Å². The summed E-state index contributed by atoms with van der Waals surface area (Å²) in [5, 5.41) is 38.3. The van der Waals surface area contributed by atoms with E-state index in [1.165, 1.54) is 12.1 Å². The SMILES string of the molecule is F.F.O=C(CCCc1ccc(-c2ccccc2)c(N(C(=O)O)[C@H]2CN3CCC2CC3)c1)Nc1ccc(CNC[C@H](O)c2ccc(O)c3[nH]c(=O)ccc23)cc1. The van der Waals surface area contributed by atoms with Crippen molar-refractivity contribution in [2.75, 3.05) is 36.4 Å². The van der Waals surface area contributed by atoms with Gasteiger partial charge in [0.15, 0.2) is 0 Å². The predicted molar refractivity (Wildman–Crippen MR) is 211 cm³/mol. The molecule has 3 aliphatic heterocycles. The molecule has 13 heteroatoms. The predicted octanol–water partition coefficient (Wildman–Crippen LogP) is 6.57. The molecule has 6 N–H and O–H groups in total. The Morgan fingerprint density at radius 2 is 1.64 bits per heavy atom. The van der Waals surface area contributed by atoms with Gasteiger partial charge in [-0.05, 0) is 97.3 Å². The third-order valence-electron chi connectivity index (χ3n) is 10.6. The minimum Gasteiger partial charge on any atom is -0.506 e. The maximum Gasteiger partial charge on any atom is 0.412 e. The normalized spacial score (nSPS) is 17.8. The second-order valence-electron chi connectivity index (χ2n) is 14.1. The van der Waals surface area contributed by atoms with Gasteiger partial charge in [-0.2, -0.15) is 0 Å². The van der Waals surface area contributed by atoms with E-state index in [1.54, 1.807) is 17.0 Å². The topological polar surface area (TPSA) is 158 Å². The Morgan fingerprint density at radius 1 is 0.909 bits per heavy atom. The van der Waals surface area contributed by atoms with Crippen LogP contribution in [0, 0.1) is 5.92 Å². The zero-order chi connectivity index (χ0) is 36.9. The number of pyridine rings is 1. The van der Waals surface area contributed by atoms with Crippen LogP contribution in [0.2, 0.25) is 0 Å². The van der Waals surface area contributed by atoms with E-state index >= 15 is 0 Å². The van der Waals surface area contributed by atoms with E-state index in [0.717, 1.165) is 54.7 Å². The molecule has 11 nitrogen and oxygen atoms in total. The molecule has 0 spiro atoms. The molecule has 2 atom stereocenters. The molecule has 0 unspecified atom stereocenters. The van der Waals surface area contributed by atoms with Gasteiger partial charge in [-0.15, -0.1) is 0 Å². The number of carboxylic acid groups (broad SMARTS) is 1. The molecular weight excluding hydrogens is 708 g/mol. The Balaban J connectivity index is 0.00000290. The van der Waals surface area contributed by atoms with Crippen LogP contribution in [-0.2, 0) is 17.8 Å². The molecule has 0 aliphatic carbocycles. The third kappa shape index (κ3) is 9.37. The van der Waals surface area contributed by atoms with Crippen molar-refractivity contribution < 1.29 is 34.3 Å². The van der Waals surface area contributed by atoms with Crippen molar-refractivity contribution >= 4 is 34.3 Å². The second-order valence-corrected chi connectivity index (χ2v) is 14.1. The van der Waals surface area contributed by atoms with Gasteiger partial charge in [0, 0.05) is 48.8 Å². The number of aliphatic hydroxyl groups is 1. The number of H-pyrrole nitrogens is 1. The molecule has 3 fully saturated rings. The van der Waals surface area contributed by atoms with Crippen LogP contribution in [0.4, 0.5) is 25.6 Å². The molecule has 8 rings (SSSR count). The molecule has 1 aromatic heterocycles. The fraction of sp³-hybridized carbons (Fsp3) is 0.310. The number of nitrogens with one attached hydrogen (secondary N) is 3. The molecule has 4 heterocycles. The quantitative estimate of drug-likeness (QED) is 0.0788. The lowest BCUT2D eigenvalue weighted by molar-refractivity contribution is -0.116. The summed E-state index contributed by atoms with van der Waals surface area (Å²) in [6, 6.07) is 29.5. The number of amides is 2. The zero-order valence-corrected chi connectivity index (χ0v) is 30.3. The summed E-state index contributed by atoms with van der Waals surface area (Å²) in [7, 11) is 0. The first-order valence-electron chi connectivity index (χ1n) is 18.3. The number of carbonyl (C=O) groups is 2. The number of nitrogens with zero attached hydrogens (tertiary/aromatic N) is 2. The van der Waals surface area contributed by atoms with Crippen molar-refractivity contribution in [3.05, 3.63) is 124 Å². The first kappa shape index (κ1) is 40.6. The van der Waals surface area contributed by atoms with Crippen LogP contribution in [0.5, 0.6) is 5.75 Å². The number of aryl methyl sites for hydroxylation is 1. The van der Waals surface area contributed by atoms with Crippen molar-refractivity contribution in [2.45, 2.75) is 50.8 Å². The molecule has 3 saturated heterocycles. The number of phenolic OH excluding ortho intramolecular Hbond substituents is 1. The van der Waals surface area contributed by atoms with E-state index in [2.05, 4.69) is 20.5 Å². The number of benzene rings is 4. The molecule has 2 amide bonds. The van der Waals surface area contributed by atoms with Gasteiger partial charge in [0.2, 0.25) is 11.5 Å². The largest absolute Gasteiger partial charge is 0.506 e. The minimum atomic E-state index is -0.931. The van der Waals surface area contributed by atoms with E-state index < -0.39 is 12.2 Å². The van der Waals surface area contributed by atoms with Gasteiger partial charge in [-0.1, -0.05) is 60.7 Å². The highest BCUT2D eigenvalue weighted by Gasteiger charge is 2.40. The minimum absolute atomic E-state index is 0. The summed E-state index contributed by atoms with van der Waals surface area (Å²) in [5.41, 5.74) is 5.78. The smallest absolute Gasteiger partial charge is 0.412 e. The van der Waals surface area contributed by atoms with Gasteiger partial charge in [0.1, 0.15) is 5.75 Å². The number of aromatic amines is 1. The summed E-state index contributed by atoms with van der Waals surface area (Å²) in [6.07, 6.45) is 1.80. The summed E-state index contributed by atoms with van der Waals surface area (Å²) in [6.45, 7) is 3.55. The lowest BCUT2D eigenvalue weighted by Gasteiger charge is -2.48. The lowest BCUT2D eigenvalue weighted by atomic mass is 9.82. The van der Waals surface area contributed by atoms with Crippen molar-refractivity contribution in [1.29, 1.82) is 0 Å². The highest BCUT2D eigenvalue weighted by molar-refractivity contribution is 5.94. The van der Waals surface area contributed by atoms with Crippen molar-refractivity contribution in [3.63, 3.8) is 0 Å². The highest BCUT2D eigenvalue weighted by Crippen LogP contribution is 2.39. The van der Waals surface area contributed by atoms with Crippen LogP contribution in [-0.4, -0.2) is 69.4 Å². The van der Waals surface area contributed by atoms with Gasteiger partial charge in [-0.25, -0.2) is 4.79 Å². The fourth-order valence-corrected chi connectivity index (χ4v) is 7.84. The maximum absolute atomic E-state index is 12.9. The molecule has 55 heavy (non-hydrogen) atoms. The van der Waals surface area contributed by atoms with Gasteiger partial charge in [0.05, 0.1) is 23.3 Å². The van der Waals surface area contributed by atoms with Crippen molar-refractivity contribution in [3.8, 4) is 16.9 Å². The van der Waals surface area contributed by atoms with Gasteiger partial charge in [0.25, 0.3) is 0 Å². The van der Waals surface area contributed by atoms with Crippen LogP contribution in [0.1, 0.15) is 48.5 Å². The molecule has 5 aromatic rings. The Hall–Kier alpha value is -5.63. The second kappa shape index (κ2) is 18.1. The van der Waals surface area contributed by atoms with Gasteiger partial charge >= 0.3 is 6.09 Å². The summed E-state index contributed by atoms with van der Waals surface area (Å²) in [4.78, 5) is 44.1. The number of aliphatic hydroxyl groups excluding tert-OH is 1. The third-order valence-corrected chi connectivity index (χ3v) is 10.6. The van der Waals surface area contributed by atoms with Crippen LogP contribution >= 0.6 is 0 Å². The number of piperidine rings is 3. The Bertz CT molecular complexity index is 2140. The molecule has 0 saturated carbocycles. The number of anilines is 2. The van der Waals surface area contributed by atoms with Crippen LogP contribution in [0.25, 0.3) is 22.0 Å². The molecular formula is C42H47F2N5O6. The van der Waals surface area contributed by atoms with E-state index in [0.29, 0.717) is 59.6 Å².